The maximum absolute atomic E-state index is 12.8. The molecule has 2 aliphatic rings. The average Bonchev–Trinajstić information content (AvgIpc) is 3.95. The highest BCUT2D eigenvalue weighted by Crippen LogP contribution is 2.45. The lowest BCUT2D eigenvalue weighted by atomic mass is 9.81. The number of hydrogen-bond acceptors (Lipinski definition) is 7. The summed E-state index contributed by atoms with van der Waals surface area (Å²) in [5.74, 6) is -3.69. The van der Waals surface area contributed by atoms with Crippen LogP contribution in [0.15, 0.2) is 72.2 Å². The number of rotatable bonds is 12. The van der Waals surface area contributed by atoms with Crippen LogP contribution in [0, 0.1) is 20.8 Å². The van der Waals surface area contributed by atoms with Crippen LogP contribution in [0.3, 0.4) is 0 Å². The summed E-state index contributed by atoms with van der Waals surface area (Å²) in [6, 6.07) is 22.5. The Labute approximate surface area is 374 Å². The molecule has 64 heavy (non-hydrogen) atoms. The van der Waals surface area contributed by atoms with Crippen molar-refractivity contribution in [3.8, 4) is 22.3 Å². The molecule has 0 saturated carbocycles. The van der Waals surface area contributed by atoms with Gasteiger partial charge in [0.2, 0.25) is 0 Å². The monoisotopic (exact) mass is 887 g/mol. The van der Waals surface area contributed by atoms with Crippen LogP contribution in [0.2, 0.25) is 0 Å². The lowest BCUT2D eigenvalue weighted by molar-refractivity contribution is -0.142. The van der Waals surface area contributed by atoms with Crippen molar-refractivity contribution in [3.63, 3.8) is 0 Å². The van der Waals surface area contributed by atoms with Crippen molar-refractivity contribution in [2.24, 2.45) is 0 Å². The number of carboxylic acids is 2. The van der Waals surface area contributed by atoms with Gasteiger partial charge in [-0.05, 0) is 165 Å². The van der Waals surface area contributed by atoms with Crippen molar-refractivity contribution in [1.29, 1.82) is 0 Å². The van der Waals surface area contributed by atoms with E-state index in [2.05, 4.69) is 35.3 Å². The van der Waals surface area contributed by atoms with Gasteiger partial charge in [0, 0.05) is 42.3 Å². The number of hydrogen-bond donors (Lipinski definition) is 2. The van der Waals surface area contributed by atoms with E-state index in [-0.39, 0.29) is 12.8 Å². The Hall–Kier alpha value is -5.72. The zero-order valence-electron chi connectivity index (χ0n) is 36.6. The summed E-state index contributed by atoms with van der Waals surface area (Å²) in [5, 5.41) is 22.3. The largest absolute Gasteiger partial charge is 0.481 e. The van der Waals surface area contributed by atoms with Crippen LogP contribution in [0.1, 0.15) is 107 Å². The molecule has 0 fully saturated rings. The zero-order valence-corrected chi connectivity index (χ0v) is 37.4. The number of carbonyl (C=O) groups is 2. The lowest BCUT2D eigenvalue weighted by Crippen LogP contribution is -2.18. The van der Waals surface area contributed by atoms with E-state index in [1.54, 1.807) is 25.4 Å². The number of ether oxygens (including phenoxy) is 1. The molecule has 0 spiro atoms. The number of alkyl halides is 3. The molecule has 8 nitrogen and oxygen atoms in total. The van der Waals surface area contributed by atoms with Crippen molar-refractivity contribution >= 4 is 55.3 Å². The van der Waals surface area contributed by atoms with Gasteiger partial charge in [-0.2, -0.15) is 13.2 Å². The van der Waals surface area contributed by atoms with Crippen molar-refractivity contribution in [1.82, 2.24) is 15.0 Å². The molecule has 332 valence electrons. The number of carboxylic acid groups (broad SMARTS) is 2. The van der Waals surface area contributed by atoms with E-state index < -0.39 is 36.4 Å². The SMILES string of the molecule is COCCC(C(=O)O)c1c(C)nc2ccc3c(c2c1-c1ccc2ncsc2c1)CCCC3.Cc1ccc(-c2c(C(CCCC(F)(F)F)C(=O)O)c(C)nc3ccc4c(c23)CCC4)cc1. The number of nitrogens with zero attached hydrogens (tertiary/aromatic N) is 3. The number of benzene rings is 4. The Bertz CT molecular complexity index is 2890. The van der Waals surface area contributed by atoms with Gasteiger partial charge in [0.05, 0.1) is 38.6 Å². The molecule has 0 aliphatic heterocycles. The molecule has 2 atom stereocenters. The van der Waals surface area contributed by atoms with Gasteiger partial charge in [0.25, 0.3) is 0 Å². The van der Waals surface area contributed by atoms with Crippen LogP contribution in [0.4, 0.5) is 13.2 Å². The summed E-state index contributed by atoms with van der Waals surface area (Å²) >= 11 is 1.61. The fraction of sp³-hybridized carbons (Fsp3) is 0.365. The quantitative estimate of drug-likeness (QED) is 0.124. The normalized spacial score (nSPS) is 14.5. The molecule has 0 radical (unpaired) electrons. The van der Waals surface area contributed by atoms with E-state index in [1.165, 1.54) is 28.7 Å². The van der Waals surface area contributed by atoms with E-state index in [9.17, 15) is 33.0 Å². The Morgan fingerprint density at radius 1 is 0.703 bits per heavy atom. The van der Waals surface area contributed by atoms with E-state index in [0.717, 1.165) is 110 Å². The first-order valence-corrected chi connectivity index (χ1v) is 22.9. The maximum atomic E-state index is 12.8. The number of aliphatic carboxylic acids is 2. The summed E-state index contributed by atoms with van der Waals surface area (Å²) in [4.78, 5) is 38.8. The fourth-order valence-electron chi connectivity index (χ4n) is 10.0. The second kappa shape index (κ2) is 18.8. The van der Waals surface area contributed by atoms with E-state index >= 15 is 0 Å². The van der Waals surface area contributed by atoms with Gasteiger partial charge in [0.1, 0.15) is 0 Å². The third-order valence-corrected chi connectivity index (χ3v) is 13.8. The highest BCUT2D eigenvalue weighted by molar-refractivity contribution is 7.16. The van der Waals surface area contributed by atoms with Gasteiger partial charge in [-0.3, -0.25) is 19.6 Å². The molecule has 2 unspecified atom stereocenters. The van der Waals surface area contributed by atoms with Crippen molar-refractivity contribution in [2.75, 3.05) is 13.7 Å². The minimum atomic E-state index is -4.31. The second-order valence-electron chi connectivity index (χ2n) is 17.2. The van der Waals surface area contributed by atoms with Gasteiger partial charge in [-0.15, -0.1) is 11.3 Å². The first kappa shape index (κ1) is 44.9. The third kappa shape index (κ3) is 9.13. The molecule has 9 rings (SSSR count). The van der Waals surface area contributed by atoms with E-state index in [1.807, 2.05) is 55.8 Å². The molecule has 0 saturated heterocycles. The standard InChI is InChI=1S/C26H26F3NO2.C26H26N2O3S/c1-15-8-10-18(11-9-15)23-22(20(25(31)32)7-4-14-26(27,28)29)16(2)30-21-13-12-17-5-3-6-19(17)24(21)23;1-15-23(19(26(29)30)11-12-31-2)24(17-8-9-20-22(13-17)32-14-27-20)25-18-6-4-3-5-16(18)7-10-21(25)28-15/h8-13,20H,3-7,14H2,1-2H3,(H,31,32);7-10,13-14,19H,3-6,11-12H2,1-2H3,(H,29,30). The molecule has 12 heteroatoms. The second-order valence-corrected chi connectivity index (χ2v) is 18.1. The topological polar surface area (TPSA) is 122 Å². The van der Waals surface area contributed by atoms with Crippen LogP contribution in [-0.4, -0.2) is 57.0 Å². The number of methoxy groups -OCH3 is 1. The number of thiazole rings is 1. The molecule has 0 amide bonds. The van der Waals surface area contributed by atoms with Gasteiger partial charge in [-0.25, -0.2) is 4.98 Å². The zero-order chi connectivity index (χ0) is 45.3. The summed E-state index contributed by atoms with van der Waals surface area (Å²) in [6.45, 7) is 6.06. The summed E-state index contributed by atoms with van der Waals surface area (Å²) < 4.78 is 44.7. The lowest BCUT2D eigenvalue weighted by Gasteiger charge is -2.25. The Kier molecular flexibility index (Phi) is 13.2. The molecule has 3 aromatic heterocycles. The number of aryl methyl sites for hydroxylation is 7. The maximum Gasteiger partial charge on any atom is 0.389 e. The highest BCUT2D eigenvalue weighted by atomic mass is 32.1. The third-order valence-electron chi connectivity index (χ3n) is 13.0. The molecule has 3 heterocycles. The minimum Gasteiger partial charge on any atom is -0.481 e. The molecule has 7 aromatic rings. The van der Waals surface area contributed by atoms with Crippen LogP contribution in [0.25, 0.3) is 54.3 Å². The number of halogens is 3. The summed E-state index contributed by atoms with van der Waals surface area (Å²) in [6.07, 6.45) is 2.08. The van der Waals surface area contributed by atoms with Crippen LogP contribution in [-0.2, 0) is 40.0 Å². The highest BCUT2D eigenvalue weighted by Gasteiger charge is 2.33. The van der Waals surface area contributed by atoms with Gasteiger partial charge < -0.3 is 14.9 Å². The van der Waals surface area contributed by atoms with Crippen molar-refractivity contribution in [2.45, 2.75) is 109 Å². The summed E-state index contributed by atoms with van der Waals surface area (Å²) in [5.41, 5.74) is 17.2. The fourth-order valence-corrected chi connectivity index (χ4v) is 10.8. The van der Waals surface area contributed by atoms with Crippen LogP contribution >= 0.6 is 11.3 Å². The van der Waals surface area contributed by atoms with Gasteiger partial charge >= 0.3 is 18.1 Å². The van der Waals surface area contributed by atoms with Gasteiger partial charge in [0.15, 0.2) is 0 Å². The molecular formula is C52H52F3N3O5S. The minimum absolute atomic E-state index is 0.0866. The Morgan fingerprint density at radius 3 is 1.83 bits per heavy atom. The van der Waals surface area contributed by atoms with Crippen molar-refractivity contribution < 1.29 is 37.7 Å². The molecule has 2 N–H and O–H groups in total. The predicted molar refractivity (Wildman–Crippen MR) is 248 cm³/mol. The smallest absolute Gasteiger partial charge is 0.389 e. The summed E-state index contributed by atoms with van der Waals surface area (Å²) in [7, 11) is 1.61. The number of pyridine rings is 2. The number of fused-ring (bicyclic) bond motifs is 7. The molecule has 4 aromatic carbocycles. The molecular weight excluding hydrogens is 836 g/mol. The molecule has 0 bridgehead atoms. The Balaban J connectivity index is 0.000000175. The van der Waals surface area contributed by atoms with Crippen LogP contribution < -0.4 is 0 Å². The van der Waals surface area contributed by atoms with Crippen LogP contribution in [0.5, 0.6) is 0 Å². The molecule has 2 aliphatic carbocycles. The predicted octanol–water partition coefficient (Wildman–Crippen LogP) is 12.8. The average molecular weight is 888 g/mol. The van der Waals surface area contributed by atoms with E-state index in [0.29, 0.717) is 24.3 Å². The first-order chi connectivity index (χ1) is 30.7. The first-order valence-electron chi connectivity index (χ1n) is 22.1. The van der Waals surface area contributed by atoms with Crippen molar-refractivity contribution in [3.05, 3.63) is 123 Å². The number of aromatic nitrogens is 3. The Morgan fingerprint density at radius 2 is 1.23 bits per heavy atom. The van der Waals surface area contributed by atoms with E-state index in [4.69, 9.17) is 14.7 Å². The van der Waals surface area contributed by atoms with Gasteiger partial charge in [-0.1, -0.05) is 48.0 Å².